The first-order valence-electron chi connectivity index (χ1n) is 8.28. The molecular formula is C17H37N. The molecule has 2 unspecified atom stereocenters. The van der Waals surface area contributed by atoms with Crippen LogP contribution in [0.1, 0.15) is 91.9 Å². The highest BCUT2D eigenvalue weighted by Gasteiger charge is 2.20. The maximum atomic E-state index is 5.72. The molecule has 0 radical (unpaired) electrons. The van der Waals surface area contributed by atoms with E-state index in [0.717, 1.165) is 12.5 Å². The van der Waals surface area contributed by atoms with Crippen LogP contribution in [0.5, 0.6) is 0 Å². The largest absolute Gasteiger partial charge is 0.330 e. The smallest absolute Gasteiger partial charge is 0.00721 e. The van der Waals surface area contributed by atoms with Gasteiger partial charge in [-0.1, -0.05) is 79.1 Å². The van der Waals surface area contributed by atoms with Crippen molar-refractivity contribution < 1.29 is 0 Å². The molecule has 1 nitrogen and oxygen atoms in total. The Morgan fingerprint density at radius 3 is 2.17 bits per heavy atom. The van der Waals surface area contributed by atoms with Crippen molar-refractivity contribution in [3.05, 3.63) is 0 Å². The summed E-state index contributed by atoms with van der Waals surface area (Å²) >= 11 is 0. The Hall–Kier alpha value is -0.0400. The third-order valence-electron chi connectivity index (χ3n) is 4.63. The van der Waals surface area contributed by atoms with E-state index in [0.29, 0.717) is 5.41 Å². The fraction of sp³-hybridized carbons (Fsp3) is 1.00. The highest BCUT2D eigenvalue weighted by molar-refractivity contribution is 4.73. The molecular weight excluding hydrogens is 218 g/mol. The Bertz CT molecular complexity index is 178. The van der Waals surface area contributed by atoms with Crippen LogP contribution in [0, 0.1) is 11.3 Å². The van der Waals surface area contributed by atoms with Crippen molar-refractivity contribution in [3.8, 4) is 0 Å². The molecule has 0 bridgehead atoms. The van der Waals surface area contributed by atoms with Gasteiger partial charge in [-0.2, -0.15) is 0 Å². The molecule has 1 heteroatoms. The zero-order chi connectivity index (χ0) is 13.9. The van der Waals surface area contributed by atoms with E-state index in [1.54, 1.807) is 0 Å². The maximum absolute atomic E-state index is 5.72. The molecule has 0 fully saturated rings. The van der Waals surface area contributed by atoms with Crippen LogP contribution in [-0.2, 0) is 0 Å². The molecule has 0 aliphatic rings. The lowest BCUT2D eigenvalue weighted by Gasteiger charge is -2.28. The average Bonchev–Trinajstić information content (AvgIpc) is 2.35. The Morgan fingerprint density at radius 2 is 1.61 bits per heavy atom. The van der Waals surface area contributed by atoms with Crippen molar-refractivity contribution in [2.45, 2.75) is 91.9 Å². The standard InChI is InChI=1S/C17H37N/c1-5-7-8-9-11-16(3)12-10-13-17(4,6-2)14-15-18/h16H,5-15,18H2,1-4H3. The molecule has 0 rings (SSSR count). The van der Waals surface area contributed by atoms with E-state index in [9.17, 15) is 0 Å². The first kappa shape index (κ1) is 18.0. The summed E-state index contributed by atoms with van der Waals surface area (Å²) in [5.74, 6) is 0.917. The zero-order valence-corrected chi connectivity index (χ0v) is 13.4. The topological polar surface area (TPSA) is 26.0 Å². The average molecular weight is 255 g/mol. The molecule has 2 N–H and O–H groups in total. The first-order valence-corrected chi connectivity index (χ1v) is 8.28. The summed E-state index contributed by atoms with van der Waals surface area (Å²) in [6.45, 7) is 10.3. The predicted molar refractivity (Wildman–Crippen MR) is 83.8 cm³/mol. The first-order chi connectivity index (χ1) is 8.58. The fourth-order valence-corrected chi connectivity index (χ4v) is 2.77. The van der Waals surface area contributed by atoms with Crippen LogP contribution in [0.3, 0.4) is 0 Å². The Labute approximate surface area is 116 Å². The minimum absolute atomic E-state index is 0.497. The molecule has 110 valence electrons. The third kappa shape index (κ3) is 8.97. The van der Waals surface area contributed by atoms with E-state index in [1.807, 2.05) is 0 Å². The second-order valence-electron chi connectivity index (χ2n) is 6.55. The van der Waals surface area contributed by atoms with Crippen LogP contribution in [-0.4, -0.2) is 6.54 Å². The number of unbranched alkanes of at least 4 members (excludes halogenated alkanes) is 3. The minimum Gasteiger partial charge on any atom is -0.330 e. The van der Waals surface area contributed by atoms with Crippen LogP contribution in [0.4, 0.5) is 0 Å². The summed E-state index contributed by atoms with van der Waals surface area (Å²) < 4.78 is 0. The van der Waals surface area contributed by atoms with Crippen molar-refractivity contribution >= 4 is 0 Å². The lowest BCUT2D eigenvalue weighted by molar-refractivity contribution is 0.248. The number of hydrogen-bond acceptors (Lipinski definition) is 1. The van der Waals surface area contributed by atoms with Crippen molar-refractivity contribution in [3.63, 3.8) is 0 Å². The van der Waals surface area contributed by atoms with Gasteiger partial charge in [-0.25, -0.2) is 0 Å². The number of hydrogen-bond donors (Lipinski definition) is 1. The fourth-order valence-electron chi connectivity index (χ4n) is 2.77. The van der Waals surface area contributed by atoms with Crippen LogP contribution in [0.15, 0.2) is 0 Å². The second kappa shape index (κ2) is 10.8. The normalized spacial score (nSPS) is 16.5. The minimum atomic E-state index is 0.497. The summed E-state index contributed by atoms with van der Waals surface area (Å²) in [5, 5.41) is 0. The van der Waals surface area contributed by atoms with Gasteiger partial charge in [0.2, 0.25) is 0 Å². The molecule has 18 heavy (non-hydrogen) atoms. The number of rotatable bonds is 12. The summed E-state index contributed by atoms with van der Waals surface area (Å²) in [6, 6.07) is 0. The lowest BCUT2D eigenvalue weighted by atomic mass is 9.78. The van der Waals surface area contributed by atoms with E-state index >= 15 is 0 Å². The molecule has 0 aliphatic carbocycles. The molecule has 0 saturated carbocycles. The van der Waals surface area contributed by atoms with Gasteiger partial charge in [0.05, 0.1) is 0 Å². The van der Waals surface area contributed by atoms with Crippen LogP contribution < -0.4 is 5.73 Å². The van der Waals surface area contributed by atoms with Gasteiger partial charge in [-0.3, -0.25) is 0 Å². The molecule has 0 amide bonds. The molecule has 2 atom stereocenters. The van der Waals surface area contributed by atoms with Gasteiger partial charge in [-0.05, 0) is 30.7 Å². The Balaban J connectivity index is 3.62. The second-order valence-corrected chi connectivity index (χ2v) is 6.55. The molecule has 0 aromatic carbocycles. The van der Waals surface area contributed by atoms with Crippen molar-refractivity contribution in [2.75, 3.05) is 6.54 Å². The zero-order valence-electron chi connectivity index (χ0n) is 13.4. The monoisotopic (exact) mass is 255 g/mol. The Morgan fingerprint density at radius 1 is 0.944 bits per heavy atom. The maximum Gasteiger partial charge on any atom is -0.00721 e. The van der Waals surface area contributed by atoms with Crippen molar-refractivity contribution in [1.29, 1.82) is 0 Å². The van der Waals surface area contributed by atoms with E-state index in [2.05, 4.69) is 27.7 Å². The summed E-state index contributed by atoms with van der Waals surface area (Å²) in [6.07, 6.45) is 13.7. The third-order valence-corrected chi connectivity index (χ3v) is 4.63. The highest BCUT2D eigenvalue weighted by Crippen LogP contribution is 2.32. The van der Waals surface area contributed by atoms with Gasteiger partial charge in [0, 0.05) is 0 Å². The van der Waals surface area contributed by atoms with Crippen LogP contribution >= 0.6 is 0 Å². The van der Waals surface area contributed by atoms with Gasteiger partial charge >= 0.3 is 0 Å². The molecule has 0 saturated heterocycles. The van der Waals surface area contributed by atoms with Crippen molar-refractivity contribution in [2.24, 2.45) is 17.1 Å². The van der Waals surface area contributed by atoms with E-state index < -0.39 is 0 Å². The van der Waals surface area contributed by atoms with E-state index in [-0.39, 0.29) is 0 Å². The summed E-state index contributed by atoms with van der Waals surface area (Å²) in [7, 11) is 0. The highest BCUT2D eigenvalue weighted by atomic mass is 14.5. The Kier molecular flexibility index (Phi) is 10.8. The predicted octanol–water partition coefficient (Wildman–Crippen LogP) is 5.53. The lowest BCUT2D eigenvalue weighted by Crippen LogP contribution is -2.20. The molecule has 0 aliphatic heterocycles. The quantitative estimate of drug-likeness (QED) is 0.456. The number of nitrogens with two attached hydrogens (primary N) is 1. The summed E-state index contributed by atoms with van der Waals surface area (Å²) in [4.78, 5) is 0. The molecule has 0 spiro atoms. The van der Waals surface area contributed by atoms with Gasteiger partial charge < -0.3 is 5.73 Å². The van der Waals surface area contributed by atoms with E-state index in [1.165, 1.54) is 64.2 Å². The van der Waals surface area contributed by atoms with Gasteiger partial charge in [0.1, 0.15) is 0 Å². The van der Waals surface area contributed by atoms with Crippen LogP contribution in [0.2, 0.25) is 0 Å². The van der Waals surface area contributed by atoms with Crippen LogP contribution in [0.25, 0.3) is 0 Å². The molecule has 0 aromatic rings. The SMILES string of the molecule is CCCCCCC(C)CCCC(C)(CC)CCN. The van der Waals surface area contributed by atoms with Gasteiger partial charge in [0.25, 0.3) is 0 Å². The molecule has 0 heterocycles. The van der Waals surface area contributed by atoms with Gasteiger partial charge in [0.15, 0.2) is 0 Å². The summed E-state index contributed by atoms with van der Waals surface area (Å²) in [5.41, 5.74) is 6.21. The van der Waals surface area contributed by atoms with Gasteiger partial charge in [-0.15, -0.1) is 0 Å². The molecule has 0 aromatic heterocycles. The van der Waals surface area contributed by atoms with Crippen molar-refractivity contribution in [1.82, 2.24) is 0 Å². The van der Waals surface area contributed by atoms with E-state index in [4.69, 9.17) is 5.73 Å².